The minimum atomic E-state index is 0.751. The molecule has 0 aromatic rings. The predicted octanol–water partition coefficient (Wildman–Crippen LogP) is 3.70. The molecule has 0 aliphatic heterocycles. The lowest BCUT2D eigenvalue weighted by molar-refractivity contribution is 0.695. The summed E-state index contributed by atoms with van der Waals surface area (Å²) in [5.41, 5.74) is 1.55. The number of rotatable bonds is 4. The van der Waals surface area contributed by atoms with Gasteiger partial charge in [0.2, 0.25) is 0 Å². The first kappa shape index (κ1) is 8.58. The lowest BCUT2D eigenvalue weighted by atomic mass is 10.1. The maximum absolute atomic E-state index is 2.42. The molecule has 11 heavy (non-hydrogen) atoms. The van der Waals surface area contributed by atoms with Gasteiger partial charge in [-0.2, -0.15) is 0 Å². The monoisotopic (exact) mass is 150 g/mol. The molecule has 0 aromatic heterocycles. The van der Waals surface area contributed by atoms with Crippen LogP contribution in [0.4, 0.5) is 0 Å². The second kappa shape index (κ2) is 4.38. The van der Waals surface area contributed by atoms with E-state index in [2.05, 4.69) is 32.1 Å². The molecule has 0 amide bonds. The van der Waals surface area contributed by atoms with Crippen molar-refractivity contribution in [1.82, 2.24) is 0 Å². The van der Waals surface area contributed by atoms with Crippen LogP contribution in [0.3, 0.4) is 0 Å². The molecule has 0 nitrogen and oxygen atoms in total. The summed E-state index contributed by atoms with van der Waals surface area (Å²) < 4.78 is 0. The van der Waals surface area contributed by atoms with Gasteiger partial charge in [-0.05, 0) is 18.8 Å². The molecule has 62 valence electrons. The van der Waals surface area contributed by atoms with E-state index in [0.717, 1.165) is 5.92 Å². The molecule has 1 aliphatic rings. The largest absolute Gasteiger partial charge is 0.0773 e. The van der Waals surface area contributed by atoms with E-state index in [1.807, 2.05) is 0 Å². The van der Waals surface area contributed by atoms with Gasteiger partial charge in [0.1, 0.15) is 0 Å². The van der Waals surface area contributed by atoms with Gasteiger partial charge in [0, 0.05) is 0 Å². The lowest BCUT2D eigenvalue weighted by Crippen LogP contribution is -1.86. The molecule has 1 rings (SSSR count). The van der Waals surface area contributed by atoms with Crippen molar-refractivity contribution >= 4 is 0 Å². The molecular weight excluding hydrogens is 132 g/mol. The quantitative estimate of drug-likeness (QED) is 0.573. The Morgan fingerprint density at radius 3 is 2.73 bits per heavy atom. The van der Waals surface area contributed by atoms with Gasteiger partial charge in [0.15, 0.2) is 0 Å². The summed E-state index contributed by atoms with van der Waals surface area (Å²) in [6, 6.07) is 0. The van der Waals surface area contributed by atoms with Gasteiger partial charge >= 0.3 is 0 Å². The zero-order valence-electron chi connectivity index (χ0n) is 7.64. The molecule has 0 radical (unpaired) electrons. The number of allylic oxidation sites excluding steroid dienone is 4. The number of hydrogen-bond acceptors (Lipinski definition) is 0. The van der Waals surface area contributed by atoms with Crippen LogP contribution < -0.4 is 0 Å². The second-order valence-electron chi connectivity index (χ2n) is 3.30. The fraction of sp³-hybridized carbons (Fsp3) is 0.636. The topological polar surface area (TPSA) is 0 Å². The van der Waals surface area contributed by atoms with E-state index in [4.69, 9.17) is 0 Å². The molecule has 1 aliphatic carbocycles. The van der Waals surface area contributed by atoms with Crippen molar-refractivity contribution in [3.63, 3.8) is 0 Å². The van der Waals surface area contributed by atoms with Crippen LogP contribution in [-0.2, 0) is 0 Å². The molecule has 0 heterocycles. The second-order valence-corrected chi connectivity index (χ2v) is 3.30. The Balaban J connectivity index is 2.36. The van der Waals surface area contributed by atoms with E-state index in [9.17, 15) is 0 Å². The van der Waals surface area contributed by atoms with Gasteiger partial charge < -0.3 is 0 Å². The van der Waals surface area contributed by atoms with Crippen molar-refractivity contribution in [2.24, 2.45) is 5.92 Å². The van der Waals surface area contributed by atoms with E-state index in [-0.39, 0.29) is 0 Å². The highest BCUT2D eigenvalue weighted by Crippen LogP contribution is 2.22. The van der Waals surface area contributed by atoms with Gasteiger partial charge in [-0.25, -0.2) is 0 Å². The maximum atomic E-state index is 2.42. The van der Waals surface area contributed by atoms with Crippen LogP contribution >= 0.6 is 0 Å². The predicted molar refractivity (Wildman–Crippen MR) is 50.5 cm³/mol. The molecular formula is C11H18. The molecule has 0 heteroatoms. The molecule has 0 saturated carbocycles. The Labute approximate surface area is 70.0 Å². The van der Waals surface area contributed by atoms with Crippen molar-refractivity contribution < 1.29 is 0 Å². The van der Waals surface area contributed by atoms with Gasteiger partial charge in [-0.15, -0.1) is 0 Å². The minimum absolute atomic E-state index is 0.751. The molecule has 1 unspecified atom stereocenters. The summed E-state index contributed by atoms with van der Waals surface area (Å²) in [6.07, 6.45) is 12.2. The van der Waals surface area contributed by atoms with Crippen molar-refractivity contribution in [2.45, 2.75) is 39.5 Å². The Kier molecular flexibility index (Phi) is 3.41. The van der Waals surface area contributed by atoms with Crippen LogP contribution in [0.2, 0.25) is 0 Å². The van der Waals surface area contributed by atoms with Crippen molar-refractivity contribution in [3.05, 3.63) is 23.8 Å². The van der Waals surface area contributed by atoms with Crippen LogP contribution in [0.15, 0.2) is 23.8 Å². The zero-order chi connectivity index (χ0) is 8.10. The maximum Gasteiger partial charge on any atom is -0.00446 e. The fourth-order valence-corrected chi connectivity index (χ4v) is 1.60. The zero-order valence-corrected chi connectivity index (χ0v) is 7.64. The van der Waals surface area contributed by atoms with Crippen LogP contribution in [0.25, 0.3) is 0 Å². The first-order chi connectivity index (χ1) is 5.36. The normalized spacial score (nSPS) is 22.4. The van der Waals surface area contributed by atoms with E-state index in [1.54, 1.807) is 5.57 Å². The average molecular weight is 150 g/mol. The summed E-state index contributed by atoms with van der Waals surface area (Å²) in [4.78, 5) is 0. The smallest absolute Gasteiger partial charge is 0.00446 e. The fourth-order valence-electron chi connectivity index (χ4n) is 1.60. The molecule has 0 aromatic carbocycles. The highest BCUT2D eigenvalue weighted by atomic mass is 14.1. The molecule has 0 N–H and O–H groups in total. The van der Waals surface area contributed by atoms with Crippen LogP contribution in [0.1, 0.15) is 39.5 Å². The Morgan fingerprint density at radius 1 is 1.27 bits per heavy atom. The van der Waals surface area contributed by atoms with Crippen LogP contribution in [-0.4, -0.2) is 0 Å². The lowest BCUT2D eigenvalue weighted by Gasteiger charge is -2.00. The Hall–Kier alpha value is -0.520. The summed E-state index contributed by atoms with van der Waals surface area (Å²) >= 11 is 0. The molecule has 0 saturated heterocycles. The molecule has 0 fully saturated rings. The van der Waals surface area contributed by atoms with Crippen LogP contribution in [0, 0.1) is 5.92 Å². The number of hydrogen-bond donors (Lipinski definition) is 0. The van der Waals surface area contributed by atoms with Gasteiger partial charge in [-0.1, -0.05) is 50.5 Å². The standard InChI is InChI=1S/C11H18/c1-3-5-10-7-8-11(9-10)6-4-2/h7-10H,3-6H2,1-2H3. The highest BCUT2D eigenvalue weighted by molar-refractivity contribution is 5.28. The summed E-state index contributed by atoms with van der Waals surface area (Å²) in [5.74, 6) is 0.751. The third-order valence-electron chi connectivity index (χ3n) is 2.15. The average Bonchev–Trinajstić information content (AvgIpc) is 2.38. The van der Waals surface area contributed by atoms with Gasteiger partial charge in [-0.3, -0.25) is 0 Å². The van der Waals surface area contributed by atoms with E-state index >= 15 is 0 Å². The summed E-state index contributed by atoms with van der Waals surface area (Å²) in [6.45, 7) is 4.49. The summed E-state index contributed by atoms with van der Waals surface area (Å²) in [7, 11) is 0. The minimum Gasteiger partial charge on any atom is -0.0773 e. The van der Waals surface area contributed by atoms with Crippen LogP contribution in [0.5, 0.6) is 0 Å². The van der Waals surface area contributed by atoms with Gasteiger partial charge in [0.05, 0.1) is 0 Å². The highest BCUT2D eigenvalue weighted by Gasteiger charge is 2.06. The molecule has 0 spiro atoms. The third kappa shape index (κ3) is 2.53. The SMILES string of the molecule is CCCC1=CC(CCC)C=C1. The Bertz CT molecular complexity index is 163. The van der Waals surface area contributed by atoms with Gasteiger partial charge in [0.25, 0.3) is 0 Å². The third-order valence-corrected chi connectivity index (χ3v) is 2.15. The molecule has 0 bridgehead atoms. The van der Waals surface area contributed by atoms with Crippen molar-refractivity contribution in [3.8, 4) is 0 Å². The first-order valence-corrected chi connectivity index (χ1v) is 4.75. The van der Waals surface area contributed by atoms with Crippen molar-refractivity contribution in [2.75, 3.05) is 0 Å². The van der Waals surface area contributed by atoms with E-state index in [1.165, 1.54) is 25.7 Å². The molecule has 1 atom stereocenters. The first-order valence-electron chi connectivity index (χ1n) is 4.75. The van der Waals surface area contributed by atoms with Crippen molar-refractivity contribution in [1.29, 1.82) is 0 Å². The van der Waals surface area contributed by atoms with E-state index < -0.39 is 0 Å². The van der Waals surface area contributed by atoms with E-state index in [0.29, 0.717) is 0 Å². The Morgan fingerprint density at radius 2 is 2.09 bits per heavy atom. The summed E-state index contributed by atoms with van der Waals surface area (Å²) in [5, 5.41) is 0.